The van der Waals surface area contributed by atoms with Crippen LogP contribution in [0.3, 0.4) is 0 Å². The highest BCUT2D eigenvalue weighted by Crippen LogP contribution is 2.11. The summed E-state index contributed by atoms with van der Waals surface area (Å²) in [6.45, 7) is -0.0826. The number of para-hydroxylation sites is 1. The lowest BCUT2D eigenvalue weighted by Gasteiger charge is -2.11. The van der Waals surface area contributed by atoms with Crippen LogP contribution in [0, 0.1) is 0 Å². The molecule has 0 aliphatic heterocycles. The van der Waals surface area contributed by atoms with Crippen LogP contribution in [0.2, 0.25) is 0 Å². The Morgan fingerprint density at radius 1 is 1.00 bits per heavy atom. The molecule has 3 N–H and O–H groups in total. The van der Waals surface area contributed by atoms with E-state index in [-0.39, 0.29) is 17.6 Å². The Bertz CT molecular complexity index is 851. The second-order valence-corrected chi connectivity index (χ2v) is 5.41. The molecule has 0 aliphatic rings. The average molecular weight is 353 g/mol. The van der Waals surface area contributed by atoms with Crippen LogP contribution < -0.4 is 16.2 Å². The summed E-state index contributed by atoms with van der Waals surface area (Å²) in [5.74, 6) is 0.108. The molecule has 0 unspecified atom stereocenters. The van der Waals surface area contributed by atoms with Gasteiger partial charge in [-0.05, 0) is 29.6 Å². The van der Waals surface area contributed by atoms with Crippen LogP contribution in [0.25, 0.3) is 11.4 Å². The van der Waals surface area contributed by atoms with E-state index in [0.29, 0.717) is 5.82 Å². The Morgan fingerprint density at radius 2 is 1.68 bits per heavy atom. The summed E-state index contributed by atoms with van der Waals surface area (Å²) in [5, 5.41) is 15.2. The summed E-state index contributed by atoms with van der Waals surface area (Å²) in [7, 11) is 0. The number of hydrogen-bond donors (Lipinski definition) is 3. The van der Waals surface area contributed by atoms with Crippen LogP contribution in [0.5, 0.6) is 0 Å². The zero-order chi connectivity index (χ0) is 17.5. The number of carbonyl (C=O) groups excluding carboxylic acids is 1. The molecular formula is C16H15N7OS. The van der Waals surface area contributed by atoms with Gasteiger partial charge in [0.1, 0.15) is 6.54 Å². The third kappa shape index (κ3) is 4.82. The van der Waals surface area contributed by atoms with Crippen LogP contribution in [-0.4, -0.2) is 31.2 Å². The predicted octanol–water partition coefficient (Wildman–Crippen LogP) is 1.36. The van der Waals surface area contributed by atoms with Gasteiger partial charge >= 0.3 is 0 Å². The van der Waals surface area contributed by atoms with Gasteiger partial charge in [0.05, 0.1) is 0 Å². The summed E-state index contributed by atoms with van der Waals surface area (Å²) < 4.78 is 0. The topological polar surface area (TPSA) is 96.8 Å². The minimum absolute atomic E-state index is 0.0826. The first-order valence-corrected chi connectivity index (χ1v) is 7.85. The molecule has 3 aromatic rings. The maximum absolute atomic E-state index is 11.9. The van der Waals surface area contributed by atoms with Crippen molar-refractivity contribution in [2.24, 2.45) is 0 Å². The Kier molecular flexibility index (Phi) is 5.27. The highest BCUT2D eigenvalue weighted by atomic mass is 32.1. The van der Waals surface area contributed by atoms with Crippen molar-refractivity contribution in [3.8, 4) is 11.4 Å². The Hall–Kier alpha value is -3.33. The Labute approximate surface area is 149 Å². The molecule has 0 saturated carbocycles. The number of hydrazine groups is 1. The van der Waals surface area contributed by atoms with Crippen LogP contribution in [-0.2, 0) is 11.3 Å². The van der Waals surface area contributed by atoms with E-state index in [0.717, 1.165) is 11.3 Å². The lowest BCUT2D eigenvalue weighted by atomic mass is 10.2. The molecule has 1 aromatic heterocycles. The first-order valence-electron chi connectivity index (χ1n) is 7.45. The molecule has 0 aliphatic carbocycles. The summed E-state index contributed by atoms with van der Waals surface area (Å²) in [6.07, 6.45) is 0. The summed E-state index contributed by atoms with van der Waals surface area (Å²) in [4.78, 5) is 13.1. The van der Waals surface area contributed by atoms with Gasteiger partial charge in [0.25, 0.3) is 5.91 Å². The number of amides is 1. The van der Waals surface area contributed by atoms with Gasteiger partial charge in [0.15, 0.2) is 5.11 Å². The van der Waals surface area contributed by atoms with E-state index in [4.69, 9.17) is 12.2 Å². The van der Waals surface area contributed by atoms with Gasteiger partial charge in [0.2, 0.25) is 5.82 Å². The molecule has 0 spiro atoms. The van der Waals surface area contributed by atoms with Gasteiger partial charge in [-0.15, -0.1) is 10.2 Å². The van der Waals surface area contributed by atoms with Crippen molar-refractivity contribution in [1.29, 1.82) is 0 Å². The second kappa shape index (κ2) is 7.97. The van der Waals surface area contributed by atoms with Crippen molar-refractivity contribution in [2.75, 3.05) is 5.32 Å². The van der Waals surface area contributed by atoms with Gasteiger partial charge in [-0.2, -0.15) is 4.80 Å². The summed E-state index contributed by atoms with van der Waals surface area (Å²) in [5.41, 5.74) is 6.75. The second-order valence-electron chi connectivity index (χ2n) is 5.00. The van der Waals surface area contributed by atoms with E-state index < -0.39 is 0 Å². The van der Waals surface area contributed by atoms with Gasteiger partial charge in [-0.3, -0.25) is 15.6 Å². The maximum atomic E-state index is 11.9. The van der Waals surface area contributed by atoms with E-state index in [2.05, 4.69) is 31.6 Å². The third-order valence-electron chi connectivity index (χ3n) is 3.12. The van der Waals surface area contributed by atoms with Crippen molar-refractivity contribution < 1.29 is 4.79 Å². The number of hydrogen-bond acceptors (Lipinski definition) is 5. The molecule has 1 amide bonds. The van der Waals surface area contributed by atoms with Gasteiger partial charge in [0, 0.05) is 11.3 Å². The molecule has 8 nitrogen and oxygen atoms in total. The highest BCUT2D eigenvalue weighted by molar-refractivity contribution is 7.80. The number of nitrogens with one attached hydrogen (secondary N) is 3. The number of benzene rings is 2. The van der Waals surface area contributed by atoms with Gasteiger partial charge in [-0.1, -0.05) is 48.5 Å². The molecule has 1 heterocycles. The van der Waals surface area contributed by atoms with Crippen molar-refractivity contribution in [3.63, 3.8) is 0 Å². The van der Waals surface area contributed by atoms with Gasteiger partial charge in [-0.25, -0.2) is 0 Å². The molecular weight excluding hydrogens is 338 g/mol. The monoisotopic (exact) mass is 353 g/mol. The smallest absolute Gasteiger partial charge is 0.262 e. The number of rotatable bonds is 4. The fourth-order valence-electron chi connectivity index (χ4n) is 1.99. The van der Waals surface area contributed by atoms with Crippen LogP contribution in [0.1, 0.15) is 0 Å². The largest absolute Gasteiger partial charge is 0.331 e. The lowest BCUT2D eigenvalue weighted by Crippen LogP contribution is -2.45. The number of nitrogens with zero attached hydrogens (tertiary/aromatic N) is 4. The van der Waals surface area contributed by atoms with E-state index in [1.54, 1.807) is 0 Å². The minimum Gasteiger partial charge on any atom is -0.331 e. The van der Waals surface area contributed by atoms with E-state index in [9.17, 15) is 4.79 Å². The van der Waals surface area contributed by atoms with E-state index >= 15 is 0 Å². The maximum Gasteiger partial charge on any atom is 0.262 e. The zero-order valence-corrected chi connectivity index (χ0v) is 13.9. The molecule has 9 heteroatoms. The van der Waals surface area contributed by atoms with Crippen molar-refractivity contribution >= 4 is 28.9 Å². The normalized spacial score (nSPS) is 10.1. The van der Waals surface area contributed by atoms with Crippen molar-refractivity contribution in [2.45, 2.75) is 6.54 Å². The van der Waals surface area contributed by atoms with E-state index in [1.165, 1.54) is 4.80 Å². The molecule has 3 rings (SSSR count). The molecule has 0 fully saturated rings. The molecule has 0 saturated heterocycles. The molecule has 25 heavy (non-hydrogen) atoms. The minimum atomic E-state index is -0.353. The van der Waals surface area contributed by atoms with Crippen LogP contribution in [0.4, 0.5) is 5.69 Å². The van der Waals surface area contributed by atoms with Crippen molar-refractivity contribution in [1.82, 2.24) is 31.1 Å². The lowest BCUT2D eigenvalue weighted by molar-refractivity contribution is -0.122. The standard InChI is InChI=1S/C16H15N7OS/c24-14(18-20-16(25)17-13-9-5-2-6-10-13)11-23-21-15(19-22-23)12-7-3-1-4-8-12/h1-10H,11H2,(H,18,24)(H2,17,20,25). The average Bonchev–Trinajstić information content (AvgIpc) is 3.10. The number of carbonyl (C=O) groups is 1. The molecule has 0 bridgehead atoms. The molecule has 126 valence electrons. The number of anilines is 1. The van der Waals surface area contributed by atoms with Gasteiger partial charge < -0.3 is 5.32 Å². The Morgan fingerprint density at radius 3 is 2.40 bits per heavy atom. The Balaban J connectivity index is 1.48. The quantitative estimate of drug-likeness (QED) is 0.481. The van der Waals surface area contributed by atoms with Crippen LogP contribution >= 0.6 is 12.2 Å². The SMILES string of the molecule is O=C(Cn1nnc(-c2ccccc2)n1)NNC(=S)Nc1ccccc1. The number of aromatic nitrogens is 4. The van der Waals surface area contributed by atoms with E-state index in [1.807, 2.05) is 60.7 Å². The first kappa shape index (κ1) is 16.5. The number of thiocarbonyl (C=S) groups is 1. The predicted molar refractivity (Wildman–Crippen MR) is 97.2 cm³/mol. The van der Waals surface area contributed by atoms with Crippen LogP contribution in [0.15, 0.2) is 60.7 Å². The fourth-order valence-corrected chi connectivity index (χ4v) is 2.16. The molecule has 0 atom stereocenters. The fraction of sp³-hybridized carbons (Fsp3) is 0.0625. The molecule has 0 radical (unpaired) electrons. The molecule has 2 aromatic carbocycles. The van der Waals surface area contributed by atoms with Crippen molar-refractivity contribution in [3.05, 3.63) is 60.7 Å². The zero-order valence-electron chi connectivity index (χ0n) is 13.1. The summed E-state index contributed by atoms with van der Waals surface area (Å²) >= 11 is 5.10. The summed E-state index contributed by atoms with van der Waals surface area (Å²) in [6, 6.07) is 18.8. The highest BCUT2D eigenvalue weighted by Gasteiger charge is 2.09. The third-order valence-corrected chi connectivity index (χ3v) is 3.32. The number of tetrazole rings is 1. The first-order chi connectivity index (χ1) is 12.2.